The van der Waals surface area contributed by atoms with Crippen LogP contribution in [-0.2, 0) is 28.7 Å². The first-order chi connectivity index (χ1) is 11.3. The highest BCUT2D eigenvalue weighted by Gasteiger charge is 2.46. The Morgan fingerprint density at radius 2 is 1.92 bits per heavy atom. The smallest absolute Gasteiger partial charge is 0.328 e. The maximum Gasteiger partial charge on any atom is 0.328 e. The summed E-state index contributed by atoms with van der Waals surface area (Å²) in [5.74, 6) is -1.95. The summed E-state index contributed by atoms with van der Waals surface area (Å²) in [7, 11) is 2.44. The number of amides is 2. The third kappa shape index (κ3) is 4.44. The van der Waals surface area contributed by atoms with Gasteiger partial charge in [0.05, 0.1) is 20.8 Å². The van der Waals surface area contributed by atoms with Crippen molar-refractivity contribution in [2.45, 2.75) is 44.2 Å². The van der Waals surface area contributed by atoms with Gasteiger partial charge in [-0.3, -0.25) is 14.4 Å². The zero-order chi connectivity index (χ0) is 18.3. The van der Waals surface area contributed by atoms with Gasteiger partial charge in [-0.2, -0.15) is 0 Å². The molecule has 0 aromatic heterocycles. The average Bonchev–Trinajstić information content (AvgIpc) is 2.99. The van der Waals surface area contributed by atoms with Crippen LogP contribution >= 0.6 is 0 Å². The van der Waals surface area contributed by atoms with Crippen LogP contribution in [-0.4, -0.2) is 67.5 Å². The lowest BCUT2D eigenvalue weighted by Gasteiger charge is -2.34. The van der Waals surface area contributed by atoms with Gasteiger partial charge >= 0.3 is 11.9 Å². The minimum absolute atomic E-state index is 0.0430. The molecule has 0 unspecified atom stereocenters. The number of hydrogen-bond donors (Lipinski definition) is 2. The molecule has 9 heteroatoms. The predicted molar refractivity (Wildman–Crippen MR) is 83.6 cm³/mol. The Hall–Kier alpha value is -2.16. The Morgan fingerprint density at radius 3 is 2.46 bits per heavy atom. The highest BCUT2D eigenvalue weighted by atomic mass is 16.5. The molecule has 2 amide bonds. The summed E-state index contributed by atoms with van der Waals surface area (Å²) >= 11 is 0. The first kappa shape index (κ1) is 19.9. The summed E-state index contributed by atoms with van der Waals surface area (Å²) in [6.45, 7) is 1.88. The summed E-state index contributed by atoms with van der Waals surface area (Å²) in [6.07, 6.45) is 1.14. The Morgan fingerprint density at radius 1 is 1.25 bits per heavy atom. The van der Waals surface area contributed by atoms with E-state index in [1.807, 2.05) is 0 Å². The van der Waals surface area contributed by atoms with Crippen molar-refractivity contribution < 1.29 is 28.7 Å². The molecular formula is C15H25N3O6. The average molecular weight is 343 g/mol. The van der Waals surface area contributed by atoms with Crippen molar-refractivity contribution in [1.29, 1.82) is 0 Å². The highest BCUT2D eigenvalue weighted by molar-refractivity contribution is 5.94. The third-order valence-corrected chi connectivity index (χ3v) is 4.26. The minimum atomic E-state index is -1.08. The monoisotopic (exact) mass is 343 g/mol. The number of hydrogen-bond acceptors (Lipinski definition) is 7. The van der Waals surface area contributed by atoms with Crippen molar-refractivity contribution in [1.82, 2.24) is 10.2 Å². The van der Waals surface area contributed by atoms with Crippen LogP contribution in [0.3, 0.4) is 0 Å². The van der Waals surface area contributed by atoms with Gasteiger partial charge in [0.1, 0.15) is 11.6 Å². The van der Waals surface area contributed by atoms with Crippen molar-refractivity contribution in [2.75, 3.05) is 27.3 Å². The van der Waals surface area contributed by atoms with Crippen LogP contribution in [0.15, 0.2) is 0 Å². The SMILES string of the molecule is COC(=O)CC[C@H](NC(=O)[C@]1(C)CCCN1C(=O)CN)C(=O)OC. The molecule has 1 rings (SSSR count). The molecule has 24 heavy (non-hydrogen) atoms. The fourth-order valence-electron chi connectivity index (χ4n) is 2.78. The van der Waals surface area contributed by atoms with Crippen molar-refractivity contribution >= 4 is 23.8 Å². The van der Waals surface area contributed by atoms with E-state index in [0.29, 0.717) is 19.4 Å². The molecule has 3 N–H and O–H groups in total. The standard InChI is InChI=1S/C15H25N3O6/c1-15(7-4-8-18(15)11(19)9-16)14(22)17-10(13(21)24-3)5-6-12(20)23-2/h10H,4-9,16H2,1-3H3,(H,17,22)/t10-,15-/m0/s1. The normalized spacial score (nSPS) is 21.1. The number of carbonyl (C=O) groups excluding carboxylic acids is 4. The fourth-order valence-corrected chi connectivity index (χ4v) is 2.78. The molecule has 1 fully saturated rings. The van der Waals surface area contributed by atoms with E-state index in [4.69, 9.17) is 5.73 Å². The number of esters is 2. The third-order valence-electron chi connectivity index (χ3n) is 4.26. The van der Waals surface area contributed by atoms with Crippen LogP contribution in [0.25, 0.3) is 0 Å². The van der Waals surface area contributed by atoms with Gasteiger partial charge in [0, 0.05) is 13.0 Å². The molecule has 1 aliphatic heterocycles. The summed E-state index contributed by atoms with van der Waals surface area (Å²) in [5, 5.41) is 2.58. The number of rotatable bonds is 7. The van der Waals surface area contributed by atoms with Gasteiger partial charge in [0.15, 0.2) is 0 Å². The molecule has 1 aliphatic rings. The van der Waals surface area contributed by atoms with Crippen molar-refractivity contribution in [3.05, 3.63) is 0 Å². The Labute approximate surface area is 140 Å². The van der Waals surface area contributed by atoms with E-state index in [1.165, 1.54) is 19.1 Å². The lowest BCUT2D eigenvalue weighted by atomic mass is 9.96. The van der Waals surface area contributed by atoms with Gasteiger partial charge in [-0.1, -0.05) is 0 Å². The van der Waals surface area contributed by atoms with Crippen molar-refractivity contribution in [3.63, 3.8) is 0 Å². The number of likely N-dealkylation sites (tertiary alicyclic amines) is 1. The molecule has 1 saturated heterocycles. The van der Waals surface area contributed by atoms with E-state index < -0.39 is 29.4 Å². The molecule has 0 aromatic carbocycles. The predicted octanol–water partition coefficient (Wildman–Crippen LogP) is -1.06. The van der Waals surface area contributed by atoms with Gasteiger partial charge in [-0.05, 0) is 26.2 Å². The van der Waals surface area contributed by atoms with Crippen LogP contribution in [0.2, 0.25) is 0 Å². The molecule has 136 valence electrons. The first-order valence-electron chi connectivity index (χ1n) is 7.76. The Bertz CT molecular complexity index is 509. The summed E-state index contributed by atoms with van der Waals surface area (Å²) in [6, 6.07) is -0.992. The van der Waals surface area contributed by atoms with Gasteiger partial charge in [-0.25, -0.2) is 4.79 Å². The Kier molecular flexibility index (Phi) is 7.15. The van der Waals surface area contributed by atoms with Crippen LogP contribution in [0, 0.1) is 0 Å². The Balaban J connectivity index is 2.84. The minimum Gasteiger partial charge on any atom is -0.469 e. The largest absolute Gasteiger partial charge is 0.469 e. The van der Waals surface area contributed by atoms with Gasteiger partial charge < -0.3 is 25.4 Å². The fraction of sp³-hybridized carbons (Fsp3) is 0.733. The van der Waals surface area contributed by atoms with Gasteiger partial charge in [0.25, 0.3) is 0 Å². The molecule has 0 spiro atoms. The maximum absolute atomic E-state index is 12.7. The van der Waals surface area contributed by atoms with Gasteiger partial charge in [-0.15, -0.1) is 0 Å². The summed E-state index contributed by atoms with van der Waals surface area (Å²) in [4.78, 5) is 49.1. The molecule has 0 saturated carbocycles. The van der Waals surface area contributed by atoms with Crippen LogP contribution in [0.5, 0.6) is 0 Å². The number of ether oxygens (including phenoxy) is 2. The molecule has 0 bridgehead atoms. The number of carbonyl (C=O) groups is 4. The second kappa shape index (κ2) is 8.62. The highest BCUT2D eigenvalue weighted by Crippen LogP contribution is 2.29. The quantitative estimate of drug-likeness (QED) is 0.564. The van der Waals surface area contributed by atoms with E-state index in [2.05, 4.69) is 14.8 Å². The summed E-state index contributed by atoms with van der Waals surface area (Å²) in [5.41, 5.74) is 4.32. The zero-order valence-electron chi connectivity index (χ0n) is 14.3. The van der Waals surface area contributed by atoms with Crippen LogP contribution in [0.4, 0.5) is 0 Å². The molecule has 2 atom stereocenters. The second-order valence-corrected chi connectivity index (χ2v) is 5.79. The number of nitrogens with two attached hydrogens (primary N) is 1. The topological polar surface area (TPSA) is 128 Å². The van der Waals surface area contributed by atoms with E-state index in [-0.39, 0.29) is 25.3 Å². The lowest BCUT2D eigenvalue weighted by Crippen LogP contribution is -2.59. The second-order valence-electron chi connectivity index (χ2n) is 5.79. The van der Waals surface area contributed by atoms with Crippen LogP contribution < -0.4 is 11.1 Å². The van der Waals surface area contributed by atoms with E-state index in [9.17, 15) is 19.2 Å². The molecule has 9 nitrogen and oxygen atoms in total. The molecular weight excluding hydrogens is 318 g/mol. The van der Waals surface area contributed by atoms with E-state index in [1.54, 1.807) is 6.92 Å². The summed E-state index contributed by atoms with van der Waals surface area (Å²) < 4.78 is 9.20. The maximum atomic E-state index is 12.7. The molecule has 0 aromatic rings. The molecule has 0 radical (unpaired) electrons. The van der Waals surface area contributed by atoms with E-state index in [0.717, 1.165) is 0 Å². The number of nitrogens with zero attached hydrogens (tertiary/aromatic N) is 1. The van der Waals surface area contributed by atoms with Crippen molar-refractivity contribution in [2.24, 2.45) is 5.73 Å². The number of nitrogens with one attached hydrogen (secondary N) is 1. The lowest BCUT2D eigenvalue weighted by molar-refractivity contribution is -0.149. The van der Waals surface area contributed by atoms with Crippen molar-refractivity contribution in [3.8, 4) is 0 Å². The van der Waals surface area contributed by atoms with E-state index >= 15 is 0 Å². The molecule has 1 heterocycles. The first-order valence-corrected chi connectivity index (χ1v) is 7.76. The number of methoxy groups -OCH3 is 2. The van der Waals surface area contributed by atoms with Gasteiger partial charge in [0.2, 0.25) is 11.8 Å². The zero-order valence-corrected chi connectivity index (χ0v) is 14.3. The molecule has 0 aliphatic carbocycles. The van der Waals surface area contributed by atoms with Crippen LogP contribution in [0.1, 0.15) is 32.6 Å².